The van der Waals surface area contributed by atoms with Crippen LogP contribution in [0.1, 0.15) is 31.1 Å². The van der Waals surface area contributed by atoms with Crippen LogP contribution < -0.4 is 5.73 Å². The summed E-state index contributed by atoms with van der Waals surface area (Å²) in [7, 11) is 0. The predicted octanol–water partition coefficient (Wildman–Crippen LogP) is 2.05. The van der Waals surface area contributed by atoms with Gasteiger partial charge < -0.3 is 5.73 Å². The molecule has 0 aliphatic rings. The summed E-state index contributed by atoms with van der Waals surface area (Å²) in [6.07, 6.45) is 1.81. The van der Waals surface area contributed by atoms with Crippen molar-refractivity contribution >= 4 is 0 Å². The quantitative estimate of drug-likeness (QED) is 0.726. The van der Waals surface area contributed by atoms with E-state index < -0.39 is 0 Å². The second-order valence-electron chi connectivity index (χ2n) is 3.53. The summed E-state index contributed by atoms with van der Waals surface area (Å²) in [4.78, 5) is 4.24. The molecule has 0 bridgehead atoms. The van der Waals surface area contributed by atoms with Crippen LogP contribution in [0.25, 0.3) is 0 Å². The molecular formula is C10H16N2. The Morgan fingerprint density at radius 1 is 1.42 bits per heavy atom. The first-order valence-corrected chi connectivity index (χ1v) is 4.29. The molecule has 0 radical (unpaired) electrons. The fraction of sp³-hybridized carbons (Fsp3) is 0.500. The van der Waals surface area contributed by atoms with Crippen molar-refractivity contribution in [2.24, 2.45) is 11.7 Å². The van der Waals surface area contributed by atoms with Gasteiger partial charge in [-0.2, -0.15) is 0 Å². The first-order valence-electron chi connectivity index (χ1n) is 4.29. The molecule has 2 nitrogen and oxygen atoms in total. The third-order valence-corrected chi connectivity index (χ3v) is 2.00. The van der Waals surface area contributed by atoms with Crippen LogP contribution in [-0.2, 0) is 0 Å². The van der Waals surface area contributed by atoms with Crippen LogP contribution in [0.4, 0.5) is 0 Å². The Morgan fingerprint density at radius 2 is 2.08 bits per heavy atom. The Hall–Kier alpha value is -0.890. The Labute approximate surface area is 73.8 Å². The molecular weight excluding hydrogens is 148 g/mol. The molecule has 2 heteroatoms. The molecule has 0 aliphatic heterocycles. The Bertz CT molecular complexity index is 256. The van der Waals surface area contributed by atoms with Crippen molar-refractivity contribution in [1.29, 1.82) is 0 Å². The van der Waals surface area contributed by atoms with E-state index in [2.05, 4.69) is 25.8 Å². The van der Waals surface area contributed by atoms with Gasteiger partial charge in [0.15, 0.2) is 0 Å². The van der Waals surface area contributed by atoms with Crippen LogP contribution in [0.15, 0.2) is 18.3 Å². The van der Waals surface area contributed by atoms with Gasteiger partial charge in [0.05, 0.1) is 5.69 Å². The fourth-order valence-electron chi connectivity index (χ4n) is 1.08. The highest BCUT2D eigenvalue weighted by Gasteiger charge is 2.10. The van der Waals surface area contributed by atoms with E-state index in [0.29, 0.717) is 5.92 Å². The summed E-state index contributed by atoms with van der Waals surface area (Å²) < 4.78 is 0. The number of rotatable bonds is 2. The number of hydrogen-bond acceptors (Lipinski definition) is 2. The van der Waals surface area contributed by atoms with Gasteiger partial charge in [-0.3, -0.25) is 4.98 Å². The lowest BCUT2D eigenvalue weighted by Gasteiger charge is -2.14. The summed E-state index contributed by atoms with van der Waals surface area (Å²) >= 11 is 0. The highest BCUT2D eigenvalue weighted by atomic mass is 14.8. The lowest BCUT2D eigenvalue weighted by Crippen LogP contribution is -2.17. The third kappa shape index (κ3) is 2.05. The van der Waals surface area contributed by atoms with E-state index in [4.69, 9.17) is 5.73 Å². The maximum Gasteiger partial charge on any atom is 0.0576 e. The van der Waals surface area contributed by atoms with E-state index in [0.717, 1.165) is 5.69 Å². The number of nitrogens with two attached hydrogens (primary N) is 1. The molecule has 1 aromatic heterocycles. The molecule has 0 saturated heterocycles. The minimum atomic E-state index is 0.0601. The van der Waals surface area contributed by atoms with Crippen LogP contribution >= 0.6 is 0 Å². The lowest BCUT2D eigenvalue weighted by molar-refractivity contribution is 0.503. The van der Waals surface area contributed by atoms with E-state index in [1.54, 1.807) is 0 Å². The van der Waals surface area contributed by atoms with Crippen LogP contribution in [0, 0.1) is 12.8 Å². The number of aromatic nitrogens is 1. The van der Waals surface area contributed by atoms with E-state index in [1.165, 1.54) is 5.56 Å². The van der Waals surface area contributed by atoms with Gasteiger partial charge in [0.1, 0.15) is 0 Å². The molecule has 12 heavy (non-hydrogen) atoms. The van der Waals surface area contributed by atoms with Gasteiger partial charge in [-0.25, -0.2) is 0 Å². The standard InChI is InChI=1S/C10H16N2/c1-7(2)10(11)9-6-8(3)4-5-12-9/h4-7,10H,11H2,1-3H3. The molecule has 1 unspecified atom stereocenters. The third-order valence-electron chi connectivity index (χ3n) is 2.00. The van der Waals surface area contributed by atoms with Crippen molar-refractivity contribution in [3.8, 4) is 0 Å². The Balaban J connectivity index is 2.88. The molecule has 0 spiro atoms. The van der Waals surface area contributed by atoms with Gasteiger partial charge in [0.25, 0.3) is 0 Å². The van der Waals surface area contributed by atoms with Crippen molar-refractivity contribution in [2.45, 2.75) is 26.8 Å². The van der Waals surface area contributed by atoms with Crippen molar-refractivity contribution in [1.82, 2.24) is 4.98 Å². The van der Waals surface area contributed by atoms with Gasteiger partial charge in [-0.1, -0.05) is 13.8 Å². The van der Waals surface area contributed by atoms with E-state index in [9.17, 15) is 0 Å². The summed E-state index contributed by atoms with van der Waals surface area (Å²) in [6.45, 7) is 6.27. The van der Waals surface area contributed by atoms with Crippen molar-refractivity contribution in [3.05, 3.63) is 29.6 Å². The zero-order valence-corrected chi connectivity index (χ0v) is 7.91. The topological polar surface area (TPSA) is 38.9 Å². The summed E-state index contributed by atoms with van der Waals surface area (Å²) in [5, 5.41) is 0. The van der Waals surface area contributed by atoms with Crippen molar-refractivity contribution in [2.75, 3.05) is 0 Å². The molecule has 0 aromatic carbocycles. The maximum absolute atomic E-state index is 5.94. The van der Waals surface area contributed by atoms with Gasteiger partial charge in [-0.05, 0) is 30.5 Å². The zero-order valence-electron chi connectivity index (χ0n) is 7.91. The predicted molar refractivity (Wildman–Crippen MR) is 50.7 cm³/mol. The SMILES string of the molecule is Cc1ccnc(C(N)C(C)C)c1. The molecule has 1 heterocycles. The molecule has 1 rings (SSSR count). The summed E-state index contributed by atoms with van der Waals surface area (Å²) in [5.41, 5.74) is 8.15. The number of nitrogens with zero attached hydrogens (tertiary/aromatic N) is 1. The average Bonchev–Trinajstić information content (AvgIpc) is 2.03. The van der Waals surface area contributed by atoms with Crippen molar-refractivity contribution < 1.29 is 0 Å². The molecule has 1 atom stereocenters. The minimum absolute atomic E-state index is 0.0601. The molecule has 0 fully saturated rings. The monoisotopic (exact) mass is 164 g/mol. The van der Waals surface area contributed by atoms with Gasteiger partial charge in [-0.15, -0.1) is 0 Å². The largest absolute Gasteiger partial charge is 0.322 e. The number of pyridine rings is 1. The zero-order chi connectivity index (χ0) is 9.14. The Morgan fingerprint density at radius 3 is 2.58 bits per heavy atom. The van der Waals surface area contributed by atoms with Crippen LogP contribution in [-0.4, -0.2) is 4.98 Å². The maximum atomic E-state index is 5.94. The first kappa shape index (κ1) is 9.20. The molecule has 1 aromatic rings. The van der Waals surface area contributed by atoms with E-state index >= 15 is 0 Å². The smallest absolute Gasteiger partial charge is 0.0576 e. The molecule has 0 saturated carbocycles. The number of aryl methyl sites for hydroxylation is 1. The lowest BCUT2D eigenvalue weighted by atomic mass is 10.0. The second kappa shape index (κ2) is 3.68. The van der Waals surface area contributed by atoms with Crippen LogP contribution in [0.3, 0.4) is 0 Å². The van der Waals surface area contributed by atoms with E-state index in [-0.39, 0.29) is 6.04 Å². The Kier molecular flexibility index (Phi) is 2.82. The highest BCUT2D eigenvalue weighted by molar-refractivity contribution is 5.17. The highest BCUT2D eigenvalue weighted by Crippen LogP contribution is 2.16. The minimum Gasteiger partial charge on any atom is -0.322 e. The molecule has 0 aliphatic carbocycles. The molecule has 2 N–H and O–H groups in total. The normalized spacial score (nSPS) is 13.4. The van der Waals surface area contributed by atoms with Crippen molar-refractivity contribution in [3.63, 3.8) is 0 Å². The van der Waals surface area contributed by atoms with Gasteiger partial charge in [0.2, 0.25) is 0 Å². The molecule has 0 amide bonds. The van der Waals surface area contributed by atoms with Crippen LogP contribution in [0.5, 0.6) is 0 Å². The summed E-state index contributed by atoms with van der Waals surface area (Å²) in [6, 6.07) is 4.09. The summed E-state index contributed by atoms with van der Waals surface area (Å²) in [5.74, 6) is 0.444. The molecule has 66 valence electrons. The first-order chi connectivity index (χ1) is 5.61. The van der Waals surface area contributed by atoms with Gasteiger partial charge >= 0.3 is 0 Å². The second-order valence-corrected chi connectivity index (χ2v) is 3.53. The average molecular weight is 164 g/mol. The fourth-order valence-corrected chi connectivity index (χ4v) is 1.08. The number of hydrogen-bond donors (Lipinski definition) is 1. The van der Waals surface area contributed by atoms with Crippen LogP contribution in [0.2, 0.25) is 0 Å². The van der Waals surface area contributed by atoms with Gasteiger partial charge in [0, 0.05) is 12.2 Å². The van der Waals surface area contributed by atoms with E-state index in [1.807, 2.05) is 18.3 Å².